The van der Waals surface area contributed by atoms with E-state index >= 15 is 0 Å². The van der Waals surface area contributed by atoms with Gasteiger partial charge in [0.15, 0.2) is 0 Å². The highest BCUT2D eigenvalue weighted by atomic mass is 15.1. The van der Waals surface area contributed by atoms with Gasteiger partial charge in [-0.15, -0.1) is 0 Å². The van der Waals surface area contributed by atoms with E-state index < -0.39 is 0 Å². The van der Waals surface area contributed by atoms with Gasteiger partial charge in [0.05, 0.1) is 6.04 Å². The van der Waals surface area contributed by atoms with Crippen molar-refractivity contribution in [3.63, 3.8) is 0 Å². The van der Waals surface area contributed by atoms with Gasteiger partial charge >= 0.3 is 0 Å². The summed E-state index contributed by atoms with van der Waals surface area (Å²) in [6.07, 6.45) is 1.68. The first-order valence-electron chi connectivity index (χ1n) is 3.29. The quantitative estimate of drug-likeness (QED) is 0.361. The number of pyridine rings is 1. The minimum absolute atomic E-state index is 0.179. The number of aromatic nitrogens is 1. The molecule has 0 saturated carbocycles. The lowest BCUT2D eigenvalue weighted by Crippen LogP contribution is -1.90. The molecule has 0 aromatic carbocycles. The molecule has 0 bridgehead atoms. The lowest BCUT2D eigenvalue weighted by Gasteiger charge is -2.00. The summed E-state index contributed by atoms with van der Waals surface area (Å²) >= 11 is 0. The molecule has 0 radical (unpaired) electrons. The van der Waals surface area contributed by atoms with Gasteiger partial charge < -0.3 is 0 Å². The highest BCUT2D eigenvalue weighted by molar-refractivity contribution is 5.07. The van der Waals surface area contributed by atoms with E-state index in [0.29, 0.717) is 0 Å². The van der Waals surface area contributed by atoms with E-state index in [1.807, 2.05) is 25.1 Å². The molecule has 0 aliphatic carbocycles. The van der Waals surface area contributed by atoms with Crippen molar-refractivity contribution in [3.8, 4) is 0 Å². The first kappa shape index (κ1) is 7.57. The normalized spacial score (nSPS) is 11.7. The van der Waals surface area contributed by atoms with Crippen LogP contribution in [0.25, 0.3) is 10.4 Å². The summed E-state index contributed by atoms with van der Waals surface area (Å²) in [7, 11) is 0. The first-order valence-corrected chi connectivity index (χ1v) is 3.29. The Morgan fingerprint density at radius 3 is 3.00 bits per heavy atom. The summed E-state index contributed by atoms with van der Waals surface area (Å²) in [6, 6.07) is 5.35. The minimum Gasteiger partial charge on any atom is -0.261 e. The Morgan fingerprint density at radius 1 is 1.64 bits per heavy atom. The second-order valence-corrected chi connectivity index (χ2v) is 2.14. The summed E-state index contributed by atoms with van der Waals surface area (Å²) < 4.78 is 0. The average Bonchev–Trinajstić information content (AvgIpc) is 2.07. The maximum atomic E-state index is 8.13. The van der Waals surface area contributed by atoms with Crippen LogP contribution in [0.2, 0.25) is 0 Å². The smallest absolute Gasteiger partial charge is 0.0769 e. The Labute approximate surface area is 64.5 Å². The summed E-state index contributed by atoms with van der Waals surface area (Å²) in [5.74, 6) is 0. The number of azide groups is 1. The zero-order valence-corrected chi connectivity index (χ0v) is 6.18. The molecule has 0 N–H and O–H groups in total. The maximum absolute atomic E-state index is 8.13. The Morgan fingerprint density at radius 2 is 2.45 bits per heavy atom. The molecule has 1 aromatic rings. The van der Waals surface area contributed by atoms with E-state index in [4.69, 9.17) is 5.53 Å². The first-order chi connectivity index (χ1) is 5.34. The van der Waals surface area contributed by atoms with Gasteiger partial charge in [-0.25, -0.2) is 0 Å². The fourth-order valence-electron chi connectivity index (χ4n) is 0.760. The topological polar surface area (TPSA) is 61.7 Å². The van der Waals surface area contributed by atoms with E-state index in [2.05, 4.69) is 15.0 Å². The van der Waals surface area contributed by atoms with Crippen LogP contribution in [0.1, 0.15) is 18.7 Å². The molecule has 0 fully saturated rings. The lowest BCUT2D eigenvalue weighted by molar-refractivity contribution is 0.772. The molecule has 0 saturated heterocycles. The molecule has 56 valence electrons. The van der Waals surface area contributed by atoms with Gasteiger partial charge in [-0.1, -0.05) is 18.1 Å². The predicted octanol–water partition coefficient (Wildman–Crippen LogP) is 2.45. The Kier molecular flexibility index (Phi) is 2.47. The Bertz CT molecular complexity index is 263. The van der Waals surface area contributed by atoms with Gasteiger partial charge in [0.2, 0.25) is 0 Å². The van der Waals surface area contributed by atoms with Gasteiger partial charge in [-0.05, 0) is 17.7 Å². The van der Waals surface area contributed by atoms with Crippen molar-refractivity contribution in [1.29, 1.82) is 0 Å². The number of rotatable bonds is 2. The van der Waals surface area contributed by atoms with E-state index in [-0.39, 0.29) is 6.04 Å². The van der Waals surface area contributed by atoms with Crippen molar-refractivity contribution in [3.05, 3.63) is 40.5 Å². The van der Waals surface area contributed by atoms with Crippen LogP contribution in [0.15, 0.2) is 29.5 Å². The Hall–Kier alpha value is -1.54. The van der Waals surface area contributed by atoms with Crippen LogP contribution < -0.4 is 0 Å². The minimum atomic E-state index is -0.179. The molecule has 4 heteroatoms. The van der Waals surface area contributed by atoms with Crippen LogP contribution in [-0.2, 0) is 0 Å². The monoisotopic (exact) mass is 148 g/mol. The molecule has 1 heterocycles. The van der Waals surface area contributed by atoms with Crippen LogP contribution in [0.3, 0.4) is 0 Å². The van der Waals surface area contributed by atoms with Crippen LogP contribution in [0.4, 0.5) is 0 Å². The molecule has 1 aromatic heterocycles. The van der Waals surface area contributed by atoms with Crippen LogP contribution in [0, 0.1) is 0 Å². The molecular formula is C7H8N4. The third-order valence-corrected chi connectivity index (χ3v) is 1.34. The van der Waals surface area contributed by atoms with Crippen molar-refractivity contribution in [2.24, 2.45) is 5.11 Å². The summed E-state index contributed by atoms with van der Waals surface area (Å²) in [5.41, 5.74) is 8.93. The van der Waals surface area contributed by atoms with E-state index in [9.17, 15) is 0 Å². The lowest BCUT2D eigenvalue weighted by atomic mass is 10.2. The largest absolute Gasteiger partial charge is 0.261 e. The standard InChI is InChI=1S/C7H8N4/c1-6(10-11-8)7-4-2-3-5-9-7/h2-6H,1H3/t6-/m1/s1. The van der Waals surface area contributed by atoms with Crippen molar-refractivity contribution in [1.82, 2.24) is 4.98 Å². The molecule has 1 rings (SSSR count). The second kappa shape index (κ2) is 3.58. The molecule has 0 unspecified atom stereocenters. The van der Waals surface area contributed by atoms with Crippen LogP contribution >= 0.6 is 0 Å². The highest BCUT2D eigenvalue weighted by Gasteiger charge is 2.00. The number of hydrogen-bond acceptors (Lipinski definition) is 2. The number of nitrogens with zero attached hydrogens (tertiary/aromatic N) is 4. The molecule has 0 spiro atoms. The summed E-state index contributed by atoms with van der Waals surface area (Å²) in [4.78, 5) is 6.73. The highest BCUT2D eigenvalue weighted by Crippen LogP contribution is 2.12. The third kappa shape index (κ3) is 1.95. The second-order valence-electron chi connectivity index (χ2n) is 2.14. The summed E-state index contributed by atoms with van der Waals surface area (Å²) in [5, 5.41) is 3.51. The van der Waals surface area contributed by atoms with E-state index in [0.717, 1.165) is 5.69 Å². The average molecular weight is 148 g/mol. The van der Waals surface area contributed by atoms with Gasteiger partial charge in [0.1, 0.15) is 0 Å². The molecule has 0 aliphatic rings. The van der Waals surface area contributed by atoms with Crippen molar-refractivity contribution in [2.45, 2.75) is 13.0 Å². The van der Waals surface area contributed by atoms with Crippen molar-refractivity contribution in [2.75, 3.05) is 0 Å². The van der Waals surface area contributed by atoms with E-state index in [1.165, 1.54) is 0 Å². The van der Waals surface area contributed by atoms with E-state index in [1.54, 1.807) is 6.20 Å². The van der Waals surface area contributed by atoms with Gasteiger partial charge in [0.25, 0.3) is 0 Å². The SMILES string of the molecule is C[C@@H](N=[N+]=[N-])c1ccccn1. The van der Waals surface area contributed by atoms with Crippen LogP contribution in [0.5, 0.6) is 0 Å². The van der Waals surface area contributed by atoms with Crippen LogP contribution in [-0.4, -0.2) is 4.98 Å². The maximum Gasteiger partial charge on any atom is 0.0769 e. The molecule has 11 heavy (non-hydrogen) atoms. The molecule has 4 nitrogen and oxygen atoms in total. The fraction of sp³-hybridized carbons (Fsp3) is 0.286. The van der Waals surface area contributed by atoms with Crippen molar-refractivity contribution < 1.29 is 0 Å². The summed E-state index contributed by atoms with van der Waals surface area (Å²) in [6.45, 7) is 1.81. The van der Waals surface area contributed by atoms with Gasteiger partial charge in [-0.3, -0.25) is 4.98 Å². The fourth-order valence-corrected chi connectivity index (χ4v) is 0.760. The zero-order chi connectivity index (χ0) is 8.10. The third-order valence-electron chi connectivity index (χ3n) is 1.34. The number of hydrogen-bond donors (Lipinski definition) is 0. The predicted molar refractivity (Wildman–Crippen MR) is 41.8 cm³/mol. The molecule has 1 atom stereocenters. The molecule has 0 amide bonds. The van der Waals surface area contributed by atoms with Crippen molar-refractivity contribution >= 4 is 0 Å². The molecule has 0 aliphatic heterocycles. The van der Waals surface area contributed by atoms with Gasteiger partial charge in [-0.2, -0.15) is 0 Å². The molecular weight excluding hydrogens is 140 g/mol. The van der Waals surface area contributed by atoms with Gasteiger partial charge in [0, 0.05) is 16.8 Å². The zero-order valence-electron chi connectivity index (χ0n) is 6.18. The Balaban J connectivity index is 2.84.